The lowest BCUT2D eigenvalue weighted by atomic mass is 9.74. The number of aromatic nitrogens is 3. The molecule has 50 heavy (non-hydrogen) atoms. The predicted molar refractivity (Wildman–Crippen MR) is 196 cm³/mol. The average molecular weight is 818 g/mol. The number of esters is 1. The maximum absolute atomic E-state index is 15.6. The van der Waals surface area contributed by atoms with E-state index in [1.165, 1.54) is 24.4 Å². The number of nitrogens with zero attached hydrogens (tertiary/aromatic N) is 1. The molecule has 0 amide bonds. The fourth-order valence-electron chi connectivity index (χ4n) is 5.96. The van der Waals surface area contributed by atoms with Crippen LogP contribution in [-0.2, 0) is 35.3 Å². The molecule has 0 saturated heterocycles. The van der Waals surface area contributed by atoms with Crippen LogP contribution in [0, 0.1) is 20.6 Å². The second kappa shape index (κ2) is 15.0. The predicted octanol–water partition coefficient (Wildman–Crippen LogP) is 8.41. The van der Waals surface area contributed by atoms with Crippen molar-refractivity contribution in [3.8, 4) is 22.9 Å². The minimum atomic E-state index is -4.10. The molecule has 5 aromatic rings. The van der Waals surface area contributed by atoms with E-state index in [9.17, 15) is 18.0 Å². The van der Waals surface area contributed by atoms with Gasteiger partial charge in [-0.25, -0.2) is 22.2 Å². The van der Waals surface area contributed by atoms with Gasteiger partial charge in [0, 0.05) is 55.0 Å². The highest BCUT2D eigenvalue weighted by Gasteiger charge is 2.32. The molecule has 2 aromatic heterocycles. The highest BCUT2D eigenvalue weighted by atomic mass is 127. The van der Waals surface area contributed by atoms with Gasteiger partial charge in [-0.15, -0.1) is 0 Å². The van der Waals surface area contributed by atoms with Gasteiger partial charge >= 0.3 is 5.97 Å². The maximum atomic E-state index is 15.6. The summed E-state index contributed by atoms with van der Waals surface area (Å²) in [6.45, 7) is 7.47. The highest BCUT2D eigenvalue weighted by molar-refractivity contribution is 14.1. The van der Waals surface area contributed by atoms with E-state index >= 15 is 8.78 Å². The van der Waals surface area contributed by atoms with Gasteiger partial charge in [0.05, 0.1) is 17.9 Å². The monoisotopic (exact) mass is 817 g/mol. The second-order valence-electron chi connectivity index (χ2n) is 13.1. The van der Waals surface area contributed by atoms with Crippen molar-refractivity contribution in [1.82, 2.24) is 15.0 Å². The van der Waals surface area contributed by atoms with Gasteiger partial charge in [-0.3, -0.25) is 4.79 Å². The smallest absolute Gasteiger partial charge is 0.321 e. The van der Waals surface area contributed by atoms with Gasteiger partial charge in [0.15, 0.2) is 21.4 Å². The Hall–Kier alpha value is -4.11. The molecule has 264 valence electrons. The van der Waals surface area contributed by atoms with E-state index in [1.54, 1.807) is 19.2 Å². The van der Waals surface area contributed by atoms with Gasteiger partial charge < -0.3 is 24.2 Å². The number of carbonyl (C=O) groups excluding carboxylic acids is 2. The molecule has 1 atom stereocenters. The third kappa shape index (κ3) is 8.43. The van der Waals surface area contributed by atoms with Crippen LogP contribution in [0.3, 0.4) is 0 Å². The van der Waals surface area contributed by atoms with Crippen molar-refractivity contribution in [2.75, 3.05) is 12.4 Å². The number of halogens is 3. The van der Waals surface area contributed by atoms with E-state index in [2.05, 4.69) is 50.5 Å². The first-order valence-corrected chi connectivity index (χ1v) is 18.9. The lowest BCUT2D eigenvalue weighted by Gasteiger charge is -2.30. The van der Waals surface area contributed by atoms with Gasteiger partial charge in [0.2, 0.25) is 0 Å². The van der Waals surface area contributed by atoms with E-state index in [0.29, 0.717) is 23.7 Å². The van der Waals surface area contributed by atoms with Gasteiger partial charge in [0.25, 0.3) is 0 Å². The number of sulfone groups is 1. The Morgan fingerprint density at radius 3 is 2.54 bits per heavy atom. The summed E-state index contributed by atoms with van der Waals surface area (Å²) in [7, 11) is -4.10. The summed E-state index contributed by atoms with van der Waals surface area (Å²) in [5, 5.41) is 0.387. The average Bonchev–Trinajstić information content (AvgIpc) is 3.74. The van der Waals surface area contributed by atoms with Gasteiger partial charge in [0.1, 0.15) is 29.4 Å². The van der Waals surface area contributed by atoms with Crippen molar-refractivity contribution in [3.05, 3.63) is 99.0 Å². The Balaban J connectivity index is 1.50. The topological polar surface area (TPSA) is 131 Å². The minimum absolute atomic E-state index is 0.00252. The van der Waals surface area contributed by atoms with Crippen LogP contribution in [-0.4, -0.2) is 48.0 Å². The Labute approximate surface area is 303 Å². The standard InChI is InChI=1S/C37H38F2IN3O6S/c1-5-48-33(45)21-50(46,47)20-28-26-12-15-41-31(26)18-30(39)34(28)49-25-10-11-29(38)27(17-25)35-42-19-32(43-35)37(4,14-7-13-36(2,3)22-44)23-8-6-9-24(40)16-23/h6,8-12,15-19,22,41H,5,7,13-14,20-21H2,1-4H3,(H,42,43). The van der Waals surface area contributed by atoms with Crippen LogP contribution in [0.25, 0.3) is 22.3 Å². The Morgan fingerprint density at radius 1 is 1.04 bits per heavy atom. The maximum Gasteiger partial charge on any atom is 0.321 e. The number of ether oxygens (including phenoxy) is 2. The fourth-order valence-corrected chi connectivity index (χ4v) is 7.77. The van der Waals surface area contributed by atoms with Gasteiger partial charge in [-0.05, 0) is 91.2 Å². The molecule has 5 rings (SSSR count). The number of carbonyl (C=O) groups is 2. The number of benzene rings is 3. The van der Waals surface area contributed by atoms with Gasteiger partial charge in [-0.1, -0.05) is 32.4 Å². The third-order valence-corrected chi connectivity index (χ3v) is 10.8. The Kier molecular flexibility index (Phi) is 11.2. The van der Waals surface area contributed by atoms with Crippen molar-refractivity contribution in [3.63, 3.8) is 0 Å². The first kappa shape index (κ1) is 37.2. The first-order valence-electron chi connectivity index (χ1n) is 16.0. The normalized spacial score (nSPS) is 13.3. The van der Waals surface area contributed by atoms with Crippen molar-refractivity contribution in [2.45, 2.75) is 58.1 Å². The highest BCUT2D eigenvalue weighted by Crippen LogP contribution is 2.40. The van der Waals surface area contributed by atoms with Crippen LogP contribution >= 0.6 is 22.6 Å². The van der Waals surface area contributed by atoms with E-state index in [-0.39, 0.29) is 35.1 Å². The van der Waals surface area contributed by atoms with Gasteiger partial charge in [-0.2, -0.15) is 0 Å². The molecule has 0 fully saturated rings. The third-order valence-electron chi connectivity index (χ3n) is 8.74. The van der Waals surface area contributed by atoms with Crippen molar-refractivity contribution >= 4 is 55.6 Å². The molecule has 0 saturated carbocycles. The number of imidazole rings is 1. The molecule has 1 unspecified atom stereocenters. The molecule has 0 bridgehead atoms. The molecule has 13 heteroatoms. The number of rotatable bonds is 15. The fraction of sp³-hybridized carbons (Fsp3) is 0.324. The summed E-state index contributed by atoms with van der Waals surface area (Å²) in [5.74, 6) is -4.09. The summed E-state index contributed by atoms with van der Waals surface area (Å²) in [6, 6.07) is 14.7. The van der Waals surface area contributed by atoms with Crippen molar-refractivity contribution in [1.29, 1.82) is 0 Å². The van der Waals surface area contributed by atoms with Crippen molar-refractivity contribution in [2.24, 2.45) is 5.41 Å². The van der Waals surface area contributed by atoms with Crippen LogP contribution in [0.1, 0.15) is 63.8 Å². The molecule has 0 aliphatic rings. The summed E-state index contributed by atoms with van der Waals surface area (Å²) < 4.78 is 68.9. The first-order chi connectivity index (χ1) is 23.6. The molecule has 0 spiro atoms. The van der Waals surface area contributed by atoms with Crippen LogP contribution in [0.5, 0.6) is 11.5 Å². The zero-order chi connectivity index (χ0) is 36.3. The Bertz CT molecular complexity index is 2150. The molecule has 0 aliphatic heterocycles. The quantitative estimate of drug-likeness (QED) is 0.0617. The number of fused-ring (bicyclic) bond motifs is 1. The molecule has 0 aliphatic carbocycles. The van der Waals surface area contributed by atoms with E-state index in [1.807, 2.05) is 32.0 Å². The molecule has 2 heterocycles. The Morgan fingerprint density at radius 2 is 1.82 bits per heavy atom. The van der Waals surface area contributed by atoms with E-state index < -0.39 is 49.8 Å². The number of H-pyrrole nitrogens is 2. The second-order valence-corrected chi connectivity index (χ2v) is 16.4. The zero-order valence-corrected chi connectivity index (χ0v) is 31.1. The summed E-state index contributed by atoms with van der Waals surface area (Å²) >= 11 is 2.26. The van der Waals surface area contributed by atoms with Crippen LogP contribution in [0.15, 0.2) is 67.0 Å². The molecule has 0 radical (unpaired) electrons. The molecule has 3 aromatic carbocycles. The number of aldehydes is 1. The molecular weight excluding hydrogens is 779 g/mol. The molecule has 2 N–H and O–H groups in total. The van der Waals surface area contributed by atoms with E-state index in [0.717, 1.165) is 33.6 Å². The number of aromatic amines is 2. The number of hydrogen-bond acceptors (Lipinski definition) is 7. The number of hydrogen-bond donors (Lipinski definition) is 2. The van der Waals surface area contributed by atoms with Crippen LogP contribution in [0.4, 0.5) is 8.78 Å². The lowest BCUT2D eigenvalue weighted by molar-refractivity contribution is -0.140. The minimum Gasteiger partial charge on any atom is -0.465 e. The van der Waals surface area contributed by atoms with Crippen molar-refractivity contribution < 1.29 is 36.3 Å². The zero-order valence-electron chi connectivity index (χ0n) is 28.1. The van der Waals surface area contributed by atoms with Crippen LogP contribution in [0.2, 0.25) is 0 Å². The van der Waals surface area contributed by atoms with E-state index in [4.69, 9.17) is 9.47 Å². The summed E-state index contributed by atoms with van der Waals surface area (Å²) in [6.07, 6.45) is 6.28. The van der Waals surface area contributed by atoms with Crippen LogP contribution < -0.4 is 4.74 Å². The lowest BCUT2D eigenvalue weighted by Crippen LogP contribution is -2.25. The largest absolute Gasteiger partial charge is 0.465 e. The molecular formula is C37H38F2IN3O6S. The summed E-state index contributed by atoms with van der Waals surface area (Å²) in [5.41, 5.74) is 1.14. The number of nitrogens with one attached hydrogen (secondary N) is 2. The summed E-state index contributed by atoms with van der Waals surface area (Å²) in [4.78, 5) is 34.3. The SMILES string of the molecule is CCOC(=O)CS(=O)(=O)Cc1c(Oc2ccc(F)c(-c3ncc(C(C)(CCCC(C)(C)C=O)c4cccc(I)c4)[nH]3)c2)c(F)cc2[nH]ccc12. The molecule has 9 nitrogen and oxygen atoms in total.